The Hall–Kier alpha value is -7.16. The fraction of sp³-hybridized carbons (Fsp3) is 0.200. The van der Waals surface area contributed by atoms with Crippen LogP contribution < -0.4 is 10.6 Å². The van der Waals surface area contributed by atoms with Crippen LogP contribution in [0.1, 0.15) is 71.2 Å². The molecule has 1 heterocycles. The quantitative estimate of drug-likeness (QED) is 0.0998. The number of carbonyl (C=O) groups is 8. The second-order valence-electron chi connectivity index (χ2n) is 11.8. The van der Waals surface area contributed by atoms with E-state index in [0.29, 0.717) is 16.9 Å². The third-order valence-corrected chi connectivity index (χ3v) is 8.05. The van der Waals surface area contributed by atoms with Gasteiger partial charge in [0.2, 0.25) is 0 Å². The van der Waals surface area contributed by atoms with Crippen LogP contribution in [0.25, 0.3) is 0 Å². The number of carbonyl (C=O) groups excluding carboxylic acids is 8. The lowest BCUT2D eigenvalue weighted by molar-refractivity contribution is -0.151. The van der Waals surface area contributed by atoms with Crippen LogP contribution >= 0.6 is 0 Å². The molecule has 15 heteroatoms. The summed E-state index contributed by atoms with van der Waals surface area (Å²) in [6, 6.07) is 22.4. The summed E-state index contributed by atoms with van der Waals surface area (Å²) in [6.07, 6.45) is -0.141. The number of benzene rings is 4. The largest absolute Gasteiger partial charge is 0.462 e. The molecule has 55 heavy (non-hydrogen) atoms. The Morgan fingerprint density at radius 1 is 0.564 bits per heavy atom. The summed E-state index contributed by atoms with van der Waals surface area (Å²) in [5, 5.41) is 5.07. The van der Waals surface area contributed by atoms with E-state index in [-0.39, 0.29) is 47.5 Å². The van der Waals surface area contributed by atoms with Crippen LogP contribution in [0.3, 0.4) is 0 Å². The molecule has 0 saturated heterocycles. The van der Waals surface area contributed by atoms with E-state index in [2.05, 4.69) is 10.6 Å². The van der Waals surface area contributed by atoms with Gasteiger partial charge in [-0.25, -0.2) is 19.2 Å². The molecule has 4 amide bonds. The van der Waals surface area contributed by atoms with E-state index in [1.807, 2.05) is 0 Å². The standard InChI is InChI=1S/C40H35N3O12/c1-3-52-37(48)25-10-15-28(16-11-25)41-33(44)22-54-39(50)27-14-19-30-31(21-27)36(47)43(35(30)46)32(20-24-8-6-5-7-9-24)40(51)55-23-34(45)42-29-17-12-26(13-18-29)38(49)53-4-2/h5-19,21,32H,3-4,20,22-23H2,1-2H3,(H,41,44)(H,42,45)/t32-/m1/s1. The van der Waals surface area contributed by atoms with Gasteiger partial charge in [-0.2, -0.15) is 0 Å². The molecule has 0 spiro atoms. The number of nitrogens with zero attached hydrogens (tertiary/aromatic N) is 1. The van der Waals surface area contributed by atoms with E-state index in [1.54, 1.807) is 44.2 Å². The molecule has 5 rings (SSSR count). The summed E-state index contributed by atoms with van der Waals surface area (Å²) in [5.41, 5.74) is 1.40. The Morgan fingerprint density at radius 3 is 1.56 bits per heavy atom. The lowest BCUT2D eigenvalue weighted by Crippen LogP contribution is -2.47. The maximum Gasteiger partial charge on any atom is 0.338 e. The number of hydrogen-bond donors (Lipinski definition) is 2. The number of imide groups is 1. The van der Waals surface area contributed by atoms with E-state index in [9.17, 15) is 38.4 Å². The third kappa shape index (κ3) is 9.84. The zero-order chi connectivity index (χ0) is 39.5. The van der Waals surface area contributed by atoms with Gasteiger partial charge >= 0.3 is 23.9 Å². The first-order chi connectivity index (χ1) is 26.5. The number of esters is 4. The Labute approximate surface area is 314 Å². The lowest BCUT2D eigenvalue weighted by Gasteiger charge is -2.24. The van der Waals surface area contributed by atoms with Crippen molar-refractivity contribution in [2.24, 2.45) is 0 Å². The van der Waals surface area contributed by atoms with Crippen molar-refractivity contribution in [3.05, 3.63) is 130 Å². The van der Waals surface area contributed by atoms with E-state index in [0.717, 1.165) is 11.0 Å². The van der Waals surface area contributed by atoms with Gasteiger partial charge in [-0.05, 0) is 86.1 Å². The van der Waals surface area contributed by atoms with E-state index < -0.39 is 66.8 Å². The minimum Gasteiger partial charge on any atom is -0.462 e. The number of rotatable bonds is 15. The van der Waals surface area contributed by atoms with Crippen LogP contribution in [0.2, 0.25) is 0 Å². The summed E-state index contributed by atoms with van der Waals surface area (Å²) in [5.74, 6) is -6.15. The van der Waals surface area contributed by atoms with Gasteiger partial charge in [-0.15, -0.1) is 0 Å². The van der Waals surface area contributed by atoms with Crippen molar-refractivity contribution in [3.8, 4) is 0 Å². The van der Waals surface area contributed by atoms with Crippen molar-refractivity contribution in [3.63, 3.8) is 0 Å². The van der Waals surface area contributed by atoms with Crippen LogP contribution in [0.15, 0.2) is 97.1 Å². The van der Waals surface area contributed by atoms with E-state index in [4.69, 9.17) is 18.9 Å². The molecule has 0 aromatic heterocycles. The van der Waals surface area contributed by atoms with Gasteiger partial charge in [0.05, 0.1) is 41.0 Å². The second kappa shape index (κ2) is 18.1. The number of fused-ring (bicyclic) bond motifs is 1. The van der Waals surface area contributed by atoms with Gasteiger partial charge in [-0.3, -0.25) is 24.1 Å². The Bertz CT molecular complexity index is 2120. The summed E-state index contributed by atoms with van der Waals surface area (Å²) < 4.78 is 20.3. The number of amides is 4. The molecular weight excluding hydrogens is 714 g/mol. The molecule has 1 aliphatic rings. The summed E-state index contributed by atoms with van der Waals surface area (Å²) in [7, 11) is 0. The highest BCUT2D eigenvalue weighted by atomic mass is 16.5. The molecule has 0 bridgehead atoms. The predicted octanol–water partition coefficient (Wildman–Crippen LogP) is 4.22. The summed E-state index contributed by atoms with van der Waals surface area (Å²) in [6.45, 7) is 2.32. The van der Waals surface area contributed by atoms with Crippen molar-refractivity contribution in [1.82, 2.24) is 4.90 Å². The molecular formula is C40H35N3O12. The zero-order valence-corrected chi connectivity index (χ0v) is 29.7. The third-order valence-electron chi connectivity index (χ3n) is 8.05. The molecule has 282 valence electrons. The van der Waals surface area contributed by atoms with Gasteiger partial charge in [0.15, 0.2) is 13.2 Å². The molecule has 15 nitrogen and oxygen atoms in total. The van der Waals surface area contributed by atoms with Gasteiger partial charge < -0.3 is 29.6 Å². The number of nitrogens with one attached hydrogen (secondary N) is 2. The highest BCUT2D eigenvalue weighted by molar-refractivity contribution is 6.23. The average molecular weight is 750 g/mol. The highest BCUT2D eigenvalue weighted by Gasteiger charge is 2.44. The number of ether oxygens (including phenoxy) is 4. The number of hydrogen-bond acceptors (Lipinski definition) is 12. The first kappa shape index (κ1) is 39.1. The minimum atomic E-state index is -1.49. The molecule has 1 atom stereocenters. The predicted molar refractivity (Wildman–Crippen MR) is 194 cm³/mol. The first-order valence-electron chi connectivity index (χ1n) is 17.0. The Kier molecular flexibility index (Phi) is 12.8. The SMILES string of the molecule is CCOC(=O)c1ccc(NC(=O)COC(=O)c2ccc3c(c2)C(=O)N([C@H](Cc2ccccc2)C(=O)OCC(=O)Nc2ccc(C(=O)OCC)cc2)C3=O)cc1. The fourth-order valence-corrected chi connectivity index (χ4v) is 5.44. The molecule has 0 unspecified atom stereocenters. The number of anilines is 2. The normalized spacial score (nSPS) is 12.2. The van der Waals surface area contributed by atoms with Crippen LogP contribution in [0, 0.1) is 0 Å². The van der Waals surface area contributed by atoms with Gasteiger partial charge in [0.25, 0.3) is 23.6 Å². The van der Waals surface area contributed by atoms with E-state index >= 15 is 0 Å². The zero-order valence-electron chi connectivity index (χ0n) is 29.7. The minimum absolute atomic E-state index is 0.0829. The molecule has 0 saturated carbocycles. The van der Waals surface area contributed by atoms with Crippen molar-refractivity contribution in [2.75, 3.05) is 37.1 Å². The van der Waals surface area contributed by atoms with Gasteiger partial charge in [0, 0.05) is 17.8 Å². The van der Waals surface area contributed by atoms with Crippen LogP contribution in [0.5, 0.6) is 0 Å². The van der Waals surface area contributed by atoms with Crippen molar-refractivity contribution >= 4 is 58.9 Å². The van der Waals surface area contributed by atoms with Crippen LogP contribution in [0.4, 0.5) is 11.4 Å². The van der Waals surface area contributed by atoms with E-state index in [1.165, 1.54) is 60.7 Å². The first-order valence-corrected chi connectivity index (χ1v) is 17.0. The van der Waals surface area contributed by atoms with Crippen molar-refractivity contribution < 1.29 is 57.3 Å². The molecule has 0 aliphatic carbocycles. The maximum absolute atomic E-state index is 13.7. The molecule has 4 aromatic rings. The van der Waals surface area contributed by atoms with Crippen molar-refractivity contribution in [1.29, 1.82) is 0 Å². The van der Waals surface area contributed by atoms with Gasteiger partial charge in [-0.1, -0.05) is 30.3 Å². The van der Waals surface area contributed by atoms with Crippen molar-refractivity contribution in [2.45, 2.75) is 26.3 Å². The van der Waals surface area contributed by atoms with Gasteiger partial charge in [0.1, 0.15) is 6.04 Å². The summed E-state index contributed by atoms with van der Waals surface area (Å²) in [4.78, 5) is 103. The highest BCUT2D eigenvalue weighted by Crippen LogP contribution is 2.28. The Balaban J connectivity index is 1.23. The molecule has 1 aliphatic heterocycles. The lowest BCUT2D eigenvalue weighted by atomic mass is 10.0. The molecule has 0 radical (unpaired) electrons. The fourth-order valence-electron chi connectivity index (χ4n) is 5.44. The second-order valence-corrected chi connectivity index (χ2v) is 11.8. The Morgan fingerprint density at radius 2 is 1.04 bits per heavy atom. The van der Waals surface area contributed by atoms with Crippen LogP contribution in [-0.2, 0) is 39.8 Å². The van der Waals surface area contributed by atoms with Crippen LogP contribution in [-0.4, -0.2) is 84.9 Å². The smallest absolute Gasteiger partial charge is 0.338 e. The summed E-state index contributed by atoms with van der Waals surface area (Å²) >= 11 is 0. The maximum atomic E-state index is 13.7. The monoisotopic (exact) mass is 749 g/mol. The topological polar surface area (TPSA) is 201 Å². The molecule has 0 fully saturated rings. The molecule has 2 N–H and O–H groups in total. The molecule has 4 aromatic carbocycles. The average Bonchev–Trinajstić information content (AvgIpc) is 3.43.